The number of aliphatic hydroxyl groups excluding tert-OH is 1. The van der Waals surface area contributed by atoms with Gasteiger partial charge in [0, 0.05) is 18.9 Å². The Bertz CT molecular complexity index is 506. The molecule has 0 atom stereocenters. The lowest BCUT2D eigenvalue weighted by Gasteiger charge is -2.08. The van der Waals surface area contributed by atoms with Crippen molar-refractivity contribution in [3.05, 3.63) is 17.7 Å². The number of hydrogen-bond donors (Lipinski definition) is 1. The van der Waals surface area contributed by atoms with E-state index in [1.54, 1.807) is 6.07 Å². The lowest BCUT2D eigenvalue weighted by Crippen LogP contribution is -2.04. The van der Waals surface area contributed by atoms with Crippen molar-refractivity contribution in [1.29, 1.82) is 0 Å². The van der Waals surface area contributed by atoms with E-state index in [-0.39, 0.29) is 24.7 Å². The third kappa shape index (κ3) is 1.98. The number of hydrogen-bond acceptors (Lipinski definition) is 5. The highest BCUT2D eigenvalue weighted by molar-refractivity contribution is 7.90. The number of ether oxygens (including phenoxy) is 2. The zero-order valence-electron chi connectivity index (χ0n) is 8.76. The standard InChI is InChI=1S/C10H12O5S/c1-16(12,13)10-5-9-8(14-6-15-9)4-7(10)2-3-11/h4-5,11H,2-3,6H2,1H3. The van der Waals surface area contributed by atoms with Crippen LogP contribution in [0.1, 0.15) is 5.56 Å². The van der Waals surface area contributed by atoms with E-state index in [4.69, 9.17) is 14.6 Å². The molecule has 1 heterocycles. The Labute approximate surface area is 93.5 Å². The van der Waals surface area contributed by atoms with Gasteiger partial charge < -0.3 is 14.6 Å². The Morgan fingerprint density at radius 2 is 1.94 bits per heavy atom. The van der Waals surface area contributed by atoms with Crippen molar-refractivity contribution < 1.29 is 23.0 Å². The van der Waals surface area contributed by atoms with Crippen LogP contribution in [0.15, 0.2) is 17.0 Å². The van der Waals surface area contributed by atoms with Gasteiger partial charge in [-0.2, -0.15) is 0 Å². The lowest BCUT2D eigenvalue weighted by molar-refractivity contribution is 0.174. The van der Waals surface area contributed by atoms with Crippen LogP contribution in [-0.2, 0) is 16.3 Å². The van der Waals surface area contributed by atoms with Gasteiger partial charge in [-0.15, -0.1) is 0 Å². The summed E-state index contributed by atoms with van der Waals surface area (Å²) in [6.45, 7) is -0.0106. The van der Waals surface area contributed by atoms with Gasteiger partial charge in [-0.1, -0.05) is 0 Å². The monoisotopic (exact) mass is 244 g/mol. The van der Waals surface area contributed by atoms with Crippen molar-refractivity contribution in [2.45, 2.75) is 11.3 Å². The summed E-state index contributed by atoms with van der Waals surface area (Å²) in [5, 5.41) is 8.89. The third-order valence-corrected chi connectivity index (χ3v) is 3.52. The van der Waals surface area contributed by atoms with E-state index in [9.17, 15) is 8.42 Å². The van der Waals surface area contributed by atoms with Crippen LogP contribution in [0.25, 0.3) is 0 Å². The Kier molecular flexibility index (Phi) is 2.77. The molecule has 88 valence electrons. The molecule has 0 bridgehead atoms. The minimum atomic E-state index is -3.32. The van der Waals surface area contributed by atoms with Crippen LogP contribution in [-0.4, -0.2) is 33.2 Å². The maximum atomic E-state index is 11.6. The summed E-state index contributed by atoms with van der Waals surface area (Å²) in [4.78, 5) is 0.186. The molecule has 1 aliphatic heterocycles. The fourth-order valence-corrected chi connectivity index (χ4v) is 2.58. The maximum Gasteiger partial charge on any atom is 0.231 e. The smallest absolute Gasteiger partial charge is 0.231 e. The zero-order valence-corrected chi connectivity index (χ0v) is 9.58. The van der Waals surface area contributed by atoms with Crippen LogP contribution < -0.4 is 9.47 Å². The summed E-state index contributed by atoms with van der Waals surface area (Å²) in [5.41, 5.74) is 0.550. The molecule has 1 aliphatic rings. The van der Waals surface area contributed by atoms with Gasteiger partial charge in [-0.05, 0) is 18.1 Å². The number of sulfone groups is 1. The first kappa shape index (κ1) is 11.2. The van der Waals surface area contributed by atoms with Crippen LogP contribution >= 0.6 is 0 Å². The fourth-order valence-electron chi connectivity index (χ4n) is 1.63. The second kappa shape index (κ2) is 3.95. The molecule has 0 fully saturated rings. The molecule has 5 nitrogen and oxygen atoms in total. The molecule has 1 aromatic rings. The van der Waals surface area contributed by atoms with Crippen LogP contribution in [0, 0.1) is 0 Å². The molecule has 0 spiro atoms. The minimum absolute atomic E-state index is 0.0983. The van der Waals surface area contributed by atoms with E-state index in [1.807, 2.05) is 0 Å². The first-order valence-electron chi connectivity index (χ1n) is 4.76. The lowest BCUT2D eigenvalue weighted by atomic mass is 10.1. The number of benzene rings is 1. The van der Waals surface area contributed by atoms with Gasteiger partial charge in [0.1, 0.15) is 0 Å². The molecular weight excluding hydrogens is 232 g/mol. The molecular formula is C10H12O5S. The molecule has 0 radical (unpaired) electrons. The van der Waals surface area contributed by atoms with Gasteiger partial charge in [-0.3, -0.25) is 0 Å². The molecule has 0 saturated carbocycles. The fraction of sp³-hybridized carbons (Fsp3) is 0.400. The van der Waals surface area contributed by atoms with Crippen LogP contribution in [0.5, 0.6) is 11.5 Å². The first-order valence-corrected chi connectivity index (χ1v) is 6.65. The van der Waals surface area contributed by atoms with Crippen molar-refractivity contribution >= 4 is 9.84 Å². The number of fused-ring (bicyclic) bond motifs is 1. The second-order valence-electron chi connectivity index (χ2n) is 3.56. The largest absolute Gasteiger partial charge is 0.454 e. The minimum Gasteiger partial charge on any atom is -0.454 e. The molecule has 0 aromatic heterocycles. The van der Waals surface area contributed by atoms with Gasteiger partial charge in [0.2, 0.25) is 6.79 Å². The van der Waals surface area contributed by atoms with Gasteiger partial charge >= 0.3 is 0 Å². The molecule has 0 saturated heterocycles. The van der Waals surface area contributed by atoms with E-state index in [0.29, 0.717) is 17.1 Å². The van der Waals surface area contributed by atoms with Crippen molar-refractivity contribution in [1.82, 2.24) is 0 Å². The van der Waals surface area contributed by atoms with E-state index < -0.39 is 9.84 Å². The Hall–Kier alpha value is -1.27. The summed E-state index contributed by atoms with van der Waals surface area (Å²) in [5.74, 6) is 0.956. The SMILES string of the molecule is CS(=O)(=O)c1cc2c(cc1CCO)OCO2. The summed E-state index contributed by atoms with van der Waals surface area (Å²) in [7, 11) is -3.32. The van der Waals surface area contributed by atoms with E-state index in [2.05, 4.69) is 0 Å². The van der Waals surface area contributed by atoms with Crippen LogP contribution in [0.2, 0.25) is 0 Å². The Morgan fingerprint density at radius 1 is 1.31 bits per heavy atom. The van der Waals surface area contributed by atoms with E-state index >= 15 is 0 Å². The quantitative estimate of drug-likeness (QED) is 0.830. The highest BCUT2D eigenvalue weighted by Gasteiger charge is 2.21. The number of rotatable bonds is 3. The highest BCUT2D eigenvalue weighted by Crippen LogP contribution is 2.36. The van der Waals surface area contributed by atoms with Crippen molar-refractivity contribution in [2.24, 2.45) is 0 Å². The Balaban J connectivity index is 2.57. The Morgan fingerprint density at radius 3 is 2.50 bits per heavy atom. The average Bonchev–Trinajstić information content (AvgIpc) is 2.62. The zero-order chi connectivity index (χ0) is 11.8. The summed E-state index contributed by atoms with van der Waals surface area (Å²) in [6, 6.07) is 3.05. The third-order valence-electron chi connectivity index (χ3n) is 2.34. The first-order chi connectivity index (χ1) is 7.52. The molecule has 0 unspecified atom stereocenters. The predicted octanol–water partition coefficient (Wildman–Crippen LogP) is 0.354. The number of aliphatic hydroxyl groups is 1. The van der Waals surface area contributed by atoms with Gasteiger partial charge in [0.05, 0.1) is 4.90 Å². The summed E-state index contributed by atoms with van der Waals surface area (Å²) in [6.07, 6.45) is 1.41. The maximum absolute atomic E-state index is 11.6. The summed E-state index contributed by atoms with van der Waals surface area (Å²) >= 11 is 0. The topological polar surface area (TPSA) is 72.8 Å². The van der Waals surface area contributed by atoms with Gasteiger partial charge in [0.25, 0.3) is 0 Å². The summed E-state index contributed by atoms with van der Waals surface area (Å²) < 4.78 is 33.4. The van der Waals surface area contributed by atoms with Crippen LogP contribution in [0.4, 0.5) is 0 Å². The molecule has 0 aliphatic carbocycles. The highest BCUT2D eigenvalue weighted by atomic mass is 32.2. The van der Waals surface area contributed by atoms with Crippen LogP contribution in [0.3, 0.4) is 0 Å². The van der Waals surface area contributed by atoms with Gasteiger partial charge in [0.15, 0.2) is 21.3 Å². The molecule has 16 heavy (non-hydrogen) atoms. The molecule has 0 amide bonds. The molecule has 6 heteroatoms. The van der Waals surface area contributed by atoms with Gasteiger partial charge in [-0.25, -0.2) is 8.42 Å². The van der Waals surface area contributed by atoms with Crippen molar-refractivity contribution in [3.8, 4) is 11.5 Å². The van der Waals surface area contributed by atoms with Crippen molar-refractivity contribution in [3.63, 3.8) is 0 Å². The van der Waals surface area contributed by atoms with E-state index in [0.717, 1.165) is 6.26 Å². The normalized spacial score (nSPS) is 14.1. The predicted molar refractivity (Wildman–Crippen MR) is 56.5 cm³/mol. The van der Waals surface area contributed by atoms with Crippen molar-refractivity contribution in [2.75, 3.05) is 19.7 Å². The molecule has 2 rings (SSSR count). The van der Waals surface area contributed by atoms with E-state index in [1.165, 1.54) is 6.07 Å². The molecule has 1 N–H and O–H groups in total. The second-order valence-corrected chi connectivity index (χ2v) is 5.54. The average molecular weight is 244 g/mol. The molecule has 1 aromatic carbocycles.